The van der Waals surface area contributed by atoms with E-state index in [2.05, 4.69) is 5.32 Å². The third-order valence-electron chi connectivity index (χ3n) is 4.12. The summed E-state index contributed by atoms with van der Waals surface area (Å²) < 4.78 is 39.1. The Morgan fingerprint density at radius 1 is 1.27 bits per heavy atom. The Labute approximate surface area is 125 Å². The molecule has 3 rings (SSSR count). The maximum Gasteiger partial charge on any atom is 0.416 e. The number of hydrogen-bond acceptors (Lipinski definition) is 2. The van der Waals surface area contributed by atoms with E-state index in [0.29, 0.717) is 19.5 Å². The SMILES string of the molecule is O=C1CN(C(=O)[C@@H]2C[C@@H]2c2ccccc2C(F)(F)F)CCN1. The van der Waals surface area contributed by atoms with Crippen LogP contribution in [0.5, 0.6) is 0 Å². The summed E-state index contributed by atoms with van der Waals surface area (Å²) in [6.45, 7) is 0.790. The molecule has 0 spiro atoms. The smallest absolute Gasteiger partial charge is 0.353 e. The summed E-state index contributed by atoms with van der Waals surface area (Å²) >= 11 is 0. The van der Waals surface area contributed by atoms with E-state index >= 15 is 0 Å². The lowest BCUT2D eigenvalue weighted by molar-refractivity contribution is -0.140. The third kappa shape index (κ3) is 2.80. The standard InChI is InChI=1S/C15H15F3N2O2/c16-15(17,18)12-4-2-1-3-9(12)10-7-11(10)14(22)20-6-5-19-13(21)8-20/h1-4,10-11H,5-8H2,(H,19,21)/t10-,11-/m1/s1. The van der Waals surface area contributed by atoms with E-state index in [1.54, 1.807) is 6.07 Å². The number of halogens is 3. The van der Waals surface area contributed by atoms with Gasteiger partial charge in [-0.25, -0.2) is 0 Å². The first-order chi connectivity index (χ1) is 10.4. The monoisotopic (exact) mass is 312 g/mol. The highest BCUT2D eigenvalue weighted by Gasteiger charge is 2.49. The predicted molar refractivity (Wildman–Crippen MR) is 71.9 cm³/mol. The average Bonchev–Trinajstić information content (AvgIpc) is 3.26. The zero-order chi connectivity index (χ0) is 15.9. The summed E-state index contributed by atoms with van der Waals surface area (Å²) in [5.41, 5.74) is -0.499. The molecular formula is C15H15F3N2O2. The van der Waals surface area contributed by atoms with Crippen LogP contribution < -0.4 is 5.32 Å². The maximum absolute atomic E-state index is 13.0. The normalized spacial score (nSPS) is 24.9. The second-order valence-corrected chi connectivity index (χ2v) is 5.64. The molecule has 2 fully saturated rings. The van der Waals surface area contributed by atoms with Gasteiger partial charge in [-0.3, -0.25) is 9.59 Å². The van der Waals surface area contributed by atoms with Crippen molar-refractivity contribution in [3.05, 3.63) is 35.4 Å². The van der Waals surface area contributed by atoms with E-state index in [4.69, 9.17) is 0 Å². The minimum absolute atomic E-state index is 0.0109. The number of hydrogen-bond donors (Lipinski definition) is 1. The number of benzene rings is 1. The molecule has 2 atom stereocenters. The zero-order valence-electron chi connectivity index (χ0n) is 11.7. The first-order valence-electron chi connectivity index (χ1n) is 7.09. The second kappa shape index (κ2) is 5.30. The van der Waals surface area contributed by atoms with Crippen molar-refractivity contribution in [3.63, 3.8) is 0 Å². The van der Waals surface area contributed by atoms with Gasteiger partial charge in [0.1, 0.15) is 0 Å². The van der Waals surface area contributed by atoms with E-state index < -0.39 is 23.6 Å². The van der Waals surface area contributed by atoms with Gasteiger partial charge in [0.15, 0.2) is 0 Å². The quantitative estimate of drug-likeness (QED) is 0.905. The molecule has 0 aromatic heterocycles. The number of amides is 2. The van der Waals surface area contributed by atoms with Crippen molar-refractivity contribution >= 4 is 11.8 Å². The topological polar surface area (TPSA) is 49.4 Å². The van der Waals surface area contributed by atoms with Crippen molar-refractivity contribution in [2.45, 2.75) is 18.5 Å². The minimum atomic E-state index is -4.42. The van der Waals surface area contributed by atoms with Gasteiger partial charge in [-0.2, -0.15) is 13.2 Å². The molecule has 2 amide bonds. The van der Waals surface area contributed by atoms with Crippen LogP contribution in [0.2, 0.25) is 0 Å². The van der Waals surface area contributed by atoms with Crippen LogP contribution in [0.3, 0.4) is 0 Å². The predicted octanol–water partition coefficient (Wildman–Crippen LogP) is 1.77. The van der Waals surface area contributed by atoms with Gasteiger partial charge in [-0.1, -0.05) is 18.2 Å². The molecule has 0 radical (unpaired) electrons. The highest BCUT2D eigenvalue weighted by molar-refractivity contribution is 5.89. The van der Waals surface area contributed by atoms with Crippen LogP contribution in [-0.4, -0.2) is 36.3 Å². The van der Waals surface area contributed by atoms with Crippen LogP contribution >= 0.6 is 0 Å². The summed E-state index contributed by atoms with van der Waals surface area (Å²) in [5, 5.41) is 2.62. The van der Waals surface area contributed by atoms with Crippen LogP contribution in [0.25, 0.3) is 0 Å². The molecule has 1 aliphatic carbocycles. The first-order valence-corrected chi connectivity index (χ1v) is 7.09. The van der Waals surface area contributed by atoms with E-state index in [-0.39, 0.29) is 23.9 Å². The van der Waals surface area contributed by atoms with Gasteiger partial charge in [-0.15, -0.1) is 0 Å². The fourth-order valence-corrected chi connectivity index (χ4v) is 2.95. The summed E-state index contributed by atoms with van der Waals surface area (Å²) in [5.74, 6) is -1.31. The number of rotatable bonds is 2. The van der Waals surface area contributed by atoms with Gasteiger partial charge in [0.25, 0.3) is 0 Å². The first kappa shape index (κ1) is 14.9. The minimum Gasteiger partial charge on any atom is -0.353 e. The summed E-state index contributed by atoms with van der Waals surface area (Å²) in [7, 11) is 0. The summed E-state index contributed by atoms with van der Waals surface area (Å²) in [6, 6.07) is 5.38. The van der Waals surface area contributed by atoms with Gasteiger partial charge in [0.05, 0.1) is 12.1 Å². The molecule has 1 N–H and O–H groups in total. The van der Waals surface area contributed by atoms with Crippen molar-refractivity contribution in [1.82, 2.24) is 10.2 Å². The van der Waals surface area contributed by atoms with Crippen LogP contribution in [0.15, 0.2) is 24.3 Å². The van der Waals surface area contributed by atoms with Crippen molar-refractivity contribution in [1.29, 1.82) is 0 Å². The number of carbonyl (C=O) groups excluding carboxylic acids is 2. The van der Waals surface area contributed by atoms with Gasteiger partial charge < -0.3 is 10.2 Å². The van der Waals surface area contributed by atoms with E-state index in [1.807, 2.05) is 0 Å². The van der Waals surface area contributed by atoms with E-state index in [1.165, 1.54) is 17.0 Å². The largest absolute Gasteiger partial charge is 0.416 e. The number of carbonyl (C=O) groups is 2. The van der Waals surface area contributed by atoms with Gasteiger partial charge in [0, 0.05) is 19.0 Å². The molecule has 4 nitrogen and oxygen atoms in total. The third-order valence-corrected chi connectivity index (χ3v) is 4.12. The van der Waals surface area contributed by atoms with Crippen LogP contribution in [0, 0.1) is 5.92 Å². The lowest BCUT2D eigenvalue weighted by Crippen LogP contribution is -2.50. The summed E-state index contributed by atoms with van der Waals surface area (Å²) in [6.07, 6.45) is -4.01. The fraction of sp³-hybridized carbons (Fsp3) is 0.467. The molecule has 1 aromatic rings. The Bertz CT molecular complexity index is 615. The molecule has 2 aliphatic rings. The number of nitrogens with one attached hydrogen (secondary N) is 1. The number of nitrogens with zero attached hydrogens (tertiary/aromatic N) is 1. The van der Waals surface area contributed by atoms with Crippen LogP contribution in [-0.2, 0) is 15.8 Å². The van der Waals surface area contributed by atoms with Crippen molar-refractivity contribution in [2.24, 2.45) is 5.92 Å². The van der Waals surface area contributed by atoms with Crippen LogP contribution in [0.4, 0.5) is 13.2 Å². The Morgan fingerprint density at radius 3 is 2.68 bits per heavy atom. The molecule has 0 unspecified atom stereocenters. The highest BCUT2D eigenvalue weighted by Crippen LogP contribution is 2.51. The van der Waals surface area contributed by atoms with Gasteiger partial charge in [0.2, 0.25) is 11.8 Å². The molecule has 1 aromatic carbocycles. The Balaban J connectivity index is 1.75. The zero-order valence-corrected chi connectivity index (χ0v) is 11.7. The second-order valence-electron chi connectivity index (χ2n) is 5.64. The van der Waals surface area contributed by atoms with Crippen LogP contribution in [0.1, 0.15) is 23.5 Å². The lowest BCUT2D eigenvalue weighted by Gasteiger charge is -2.27. The molecule has 118 valence electrons. The molecular weight excluding hydrogens is 297 g/mol. The van der Waals surface area contributed by atoms with E-state index in [0.717, 1.165) is 6.07 Å². The summed E-state index contributed by atoms with van der Waals surface area (Å²) in [4.78, 5) is 25.0. The Hall–Kier alpha value is -2.05. The maximum atomic E-state index is 13.0. The Kier molecular flexibility index (Phi) is 3.58. The highest BCUT2D eigenvalue weighted by atomic mass is 19.4. The van der Waals surface area contributed by atoms with Crippen molar-refractivity contribution in [2.75, 3.05) is 19.6 Å². The van der Waals surface area contributed by atoms with Crippen molar-refractivity contribution < 1.29 is 22.8 Å². The molecule has 0 bridgehead atoms. The Morgan fingerprint density at radius 2 is 2.00 bits per heavy atom. The molecule has 1 saturated carbocycles. The fourth-order valence-electron chi connectivity index (χ4n) is 2.95. The van der Waals surface area contributed by atoms with Crippen molar-refractivity contribution in [3.8, 4) is 0 Å². The average molecular weight is 312 g/mol. The number of piperazine rings is 1. The molecule has 22 heavy (non-hydrogen) atoms. The lowest BCUT2D eigenvalue weighted by atomic mass is 10.0. The molecule has 1 aliphatic heterocycles. The molecule has 1 saturated heterocycles. The number of alkyl halides is 3. The van der Waals surface area contributed by atoms with E-state index in [9.17, 15) is 22.8 Å². The molecule has 1 heterocycles. The van der Waals surface area contributed by atoms with Gasteiger partial charge >= 0.3 is 6.18 Å². The van der Waals surface area contributed by atoms with Gasteiger partial charge in [-0.05, 0) is 24.0 Å². The molecule has 7 heteroatoms.